The topological polar surface area (TPSA) is 105 Å². The molecule has 4 rings (SSSR count). The fourth-order valence-electron chi connectivity index (χ4n) is 5.59. The summed E-state index contributed by atoms with van der Waals surface area (Å²) in [7, 11) is 0. The van der Waals surface area contributed by atoms with Crippen molar-refractivity contribution < 1.29 is 24.2 Å². The number of ether oxygens (including phenoxy) is 1. The van der Waals surface area contributed by atoms with Crippen LogP contribution in [-0.2, 0) is 14.3 Å². The van der Waals surface area contributed by atoms with Crippen LogP contribution in [-0.4, -0.2) is 41.8 Å². The maximum absolute atomic E-state index is 13.0. The molecule has 2 aromatic carbocycles. The van der Waals surface area contributed by atoms with Crippen molar-refractivity contribution in [1.82, 2.24) is 10.6 Å². The number of hydrogen-bond acceptors (Lipinski definition) is 4. The summed E-state index contributed by atoms with van der Waals surface area (Å²) in [5, 5.41) is 14.8. The van der Waals surface area contributed by atoms with E-state index in [0.29, 0.717) is 12.8 Å². The average Bonchev–Trinajstić information content (AvgIpc) is 3.09. The zero-order valence-corrected chi connectivity index (χ0v) is 20.5. The van der Waals surface area contributed by atoms with Crippen LogP contribution in [0.25, 0.3) is 11.1 Å². The van der Waals surface area contributed by atoms with E-state index in [0.717, 1.165) is 11.1 Å². The number of carbonyl (C=O) groups is 3. The molecule has 7 heteroatoms. The number of carboxylic acid groups (broad SMARTS) is 1. The first-order valence-electron chi connectivity index (χ1n) is 12.4. The number of rotatable bonds is 9. The van der Waals surface area contributed by atoms with Crippen LogP contribution in [0.2, 0.25) is 0 Å². The second kappa shape index (κ2) is 10.5. The van der Waals surface area contributed by atoms with Gasteiger partial charge in [-0.05, 0) is 53.9 Å². The first kappa shape index (κ1) is 24.8. The number of fused-ring (bicyclic) bond motifs is 3. The Morgan fingerprint density at radius 3 is 2.09 bits per heavy atom. The van der Waals surface area contributed by atoms with Crippen LogP contribution >= 0.6 is 0 Å². The van der Waals surface area contributed by atoms with Crippen LogP contribution < -0.4 is 10.6 Å². The van der Waals surface area contributed by atoms with Crippen molar-refractivity contribution >= 4 is 18.0 Å². The molecule has 1 fully saturated rings. The van der Waals surface area contributed by atoms with Gasteiger partial charge in [-0.15, -0.1) is 0 Å². The highest BCUT2D eigenvalue weighted by atomic mass is 16.5. The molecule has 1 saturated carbocycles. The zero-order chi connectivity index (χ0) is 25.1. The summed E-state index contributed by atoms with van der Waals surface area (Å²) in [6, 6.07) is 15.9. The normalized spacial score (nSPS) is 20.2. The number of hydrogen-bond donors (Lipinski definition) is 3. The molecule has 35 heavy (non-hydrogen) atoms. The predicted molar refractivity (Wildman–Crippen MR) is 133 cm³/mol. The largest absolute Gasteiger partial charge is 0.481 e. The van der Waals surface area contributed by atoms with E-state index in [1.54, 1.807) is 0 Å². The van der Waals surface area contributed by atoms with E-state index in [4.69, 9.17) is 9.84 Å². The third-order valence-corrected chi connectivity index (χ3v) is 7.29. The summed E-state index contributed by atoms with van der Waals surface area (Å²) in [4.78, 5) is 36.5. The van der Waals surface area contributed by atoms with Gasteiger partial charge in [-0.1, -0.05) is 62.4 Å². The Bertz CT molecular complexity index is 1050. The number of aliphatic carboxylic acids is 1. The van der Waals surface area contributed by atoms with E-state index in [1.165, 1.54) is 11.1 Å². The van der Waals surface area contributed by atoms with Crippen LogP contribution in [0.4, 0.5) is 4.79 Å². The lowest BCUT2D eigenvalue weighted by atomic mass is 9.77. The Balaban J connectivity index is 1.32. The maximum atomic E-state index is 13.0. The van der Waals surface area contributed by atoms with E-state index < -0.39 is 24.0 Å². The third-order valence-electron chi connectivity index (χ3n) is 7.29. The summed E-state index contributed by atoms with van der Waals surface area (Å²) in [6.45, 7) is 5.94. The van der Waals surface area contributed by atoms with E-state index in [9.17, 15) is 14.4 Å². The third kappa shape index (κ3) is 5.50. The molecule has 7 nitrogen and oxygen atoms in total. The quantitative estimate of drug-likeness (QED) is 0.490. The molecule has 0 spiro atoms. The van der Waals surface area contributed by atoms with Crippen LogP contribution in [0.3, 0.4) is 0 Å². The molecular formula is C28H34N2O5. The minimum atomic E-state index is -0.805. The molecule has 0 radical (unpaired) electrons. The molecule has 3 N–H and O–H groups in total. The summed E-state index contributed by atoms with van der Waals surface area (Å²) in [5.74, 6) is -1.24. The average molecular weight is 479 g/mol. The number of carboxylic acids is 1. The van der Waals surface area contributed by atoms with Gasteiger partial charge in [-0.25, -0.2) is 4.79 Å². The number of benzene rings is 2. The Labute approximate surface area is 206 Å². The van der Waals surface area contributed by atoms with Gasteiger partial charge in [0.1, 0.15) is 6.61 Å². The SMILES string of the molecule is CC(C)C(C(=O)NC1CC(CC(=O)O)C1)C(C)NC(=O)OCC1c2ccccc2-c2ccccc21. The summed E-state index contributed by atoms with van der Waals surface area (Å²) >= 11 is 0. The number of nitrogens with one attached hydrogen (secondary N) is 2. The molecule has 2 atom stereocenters. The molecule has 0 bridgehead atoms. The fraction of sp³-hybridized carbons (Fsp3) is 0.464. The van der Waals surface area contributed by atoms with Crippen molar-refractivity contribution in [2.45, 2.75) is 58.0 Å². The van der Waals surface area contributed by atoms with Gasteiger partial charge < -0.3 is 20.5 Å². The summed E-state index contributed by atoms with van der Waals surface area (Å²) in [5.41, 5.74) is 4.64. The Hall–Kier alpha value is -3.35. The van der Waals surface area contributed by atoms with Gasteiger partial charge in [0.25, 0.3) is 0 Å². The molecule has 0 heterocycles. The minimum absolute atomic E-state index is 0.00486. The molecule has 186 valence electrons. The zero-order valence-electron chi connectivity index (χ0n) is 20.5. The second-order valence-electron chi connectivity index (χ2n) is 10.2. The Kier molecular flexibility index (Phi) is 7.43. The standard InChI is InChI=1S/C28H34N2O5/c1-16(2)26(27(33)30-19-12-18(13-19)14-25(31)32)17(3)29-28(34)35-15-24-22-10-6-4-8-20(22)21-9-5-7-11-23(21)24/h4-11,16-19,24,26H,12-15H2,1-3H3,(H,29,34)(H,30,33)(H,31,32). The van der Waals surface area contributed by atoms with Crippen LogP contribution in [0, 0.1) is 17.8 Å². The number of amides is 2. The van der Waals surface area contributed by atoms with E-state index >= 15 is 0 Å². The van der Waals surface area contributed by atoms with Gasteiger partial charge in [0, 0.05) is 24.4 Å². The monoisotopic (exact) mass is 478 g/mol. The highest BCUT2D eigenvalue weighted by Gasteiger charge is 2.36. The Morgan fingerprint density at radius 2 is 1.54 bits per heavy atom. The molecule has 2 aromatic rings. The number of carbonyl (C=O) groups excluding carboxylic acids is 2. The molecular weight excluding hydrogens is 444 g/mol. The van der Waals surface area contributed by atoms with Gasteiger partial charge >= 0.3 is 12.1 Å². The van der Waals surface area contributed by atoms with Gasteiger partial charge in [-0.3, -0.25) is 9.59 Å². The van der Waals surface area contributed by atoms with Crippen LogP contribution in [0.15, 0.2) is 48.5 Å². The molecule has 0 aliphatic heterocycles. The first-order chi connectivity index (χ1) is 16.7. The fourth-order valence-corrected chi connectivity index (χ4v) is 5.59. The van der Waals surface area contributed by atoms with Gasteiger partial charge in [0.05, 0.1) is 5.92 Å². The lowest BCUT2D eigenvalue weighted by Crippen LogP contribution is -2.52. The van der Waals surface area contributed by atoms with Crippen LogP contribution in [0.1, 0.15) is 57.1 Å². The van der Waals surface area contributed by atoms with Crippen LogP contribution in [0.5, 0.6) is 0 Å². The van der Waals surface area contributed by atoms with E-state index in [2.05, 4.69) is 34.9 Å². The summed E-state index contributed by atoms with van der Waals surface area (Å²) < 4.78 is 5.65. The van der Waals surface area contributed by atoms with Crippen molar-refractivity contribution in [3.63, 3.8) is 0 Å². The van der Waals surface area contributed by atoms with Crippen molar-refractivity contribution in [3.05, 3.63) is 59.7 Å². The lowest BCUT2D eigenvalue weighted by molar-refractivity contribution is -0.139. The van der Waals surface area contributed by atoms with Crippen molar-refractivity contribution in [2.75, 3.05) is 6.61 Å². The highest BCUT2D eigenvalue weighted by molar-refractivity contribution is 5.81. The molecule has 2 aliphatic carbocycles. The van der Waals surface area contributed by atoms with E-state index in [-0.39, 0.29) is 42.7 Å². The smallest absolute Gasteiger partial charge is 0.407 e. The molecule has 0 aromatic heterocycles. The van der Waals surface area contributed by atoms with E-state index in [1.807, 2.05) is 45.0 Å². The molecule has 2 aliphatic rings. The lowest BCUT2D eigenvalue weighted by Gasteiger charge is -2.37. The highest BCUT2D eigenvalue weighted by Crippen LogP contribution is 2.44. The van der Waals surface area contributed by atoms with Crippen molar-refractivity contribution in [3.8, 4) is 11.1 Å². The second-order valence-corrected chi connectivity index (χ2v) is 10.2. The van der Waals surface area contributed by atoms with Gasteiger partial charge in [0.15, 0.2) is 0 Å². The summed E-state index contributed by atoms with van der Waals surface area (Å²) in [6.07, 6.45) is 0.955. The first-order valence-corrected chi connectivity index (χ1v) is 12.4. The molecule has 2 amide bonds. The number of alkyl carbamates (subject to hydrolysis) is 1. The van der Waals surface area contributed by atoms with Gasteiger partial charge in [-0.2, -0.15) is 0 Å². The molecule has 2 unspecified atom stereocenters. The molecule has 0 saturated heterocycles. The maximum Gasteiger partial charge on any atom is 0.407 e. The Morgan fingerprint density at radius 1 is 0.971 bits per heavy atom. The predicted octanol–water partition coefficient (Wildman–Crippen LogP) is 4.56. The minimum Gasteiger partial charge on any atom is -0.481 e. The van der Waals surface area contributed by atoms with Crippen molar-refractivity contribution in [1.29, 1.82) is 0 Å². The van der Waals surface area contributed by atoms with Gasteiger partial charge in [0.2, 0.25) is 5.91 Å². The van der Waals surface area contributed by atoms with Crippen molar-refractivity contribution in [2.24, 2.45) is 17.8 Å².